The summed E-state index contributed by atoms with van der Waals surface area (Å²) in [6, 6.07) is 8.53. The summed E-state index contributed by atoms with van der Waals surface area (Å²) in [7, 11) is 0. The number of rotatable bonds is 8. The van der Waals surface area contributed by atoms with E-state index in [-0.39, 0.29) is 0 Å². The maximum absolute atomic E-state index is 10.3. The smallest absolute Gasteiger partial charge is 0.303 e. The van der Waals surface area contributed by atoms with Crippen LogP contribution < -0.4 is 0 Å². The predicted octanol–water partition coefficient (Wildman–Crippen LogP) is 4.30. The fourth-order valence-corrected chi connectivity index (χ4v) is 1.91. The number of carboxylic acid groups (broad SMARTS) is 1. The topological polar surface area (TPSA) is 37.3 Å². The van der Waals surface area contributed by atoms with Crippen molar-refractivity contribution in [2.75, 3.05) is 0 Å². The molecule has 0 fully saturated rings. The van der Waals surface area contributed by atoms with E-state index in [2.05, 4.69) is 30.8 Å². The molecule has 0 saturated carbocycles. The highest BCUT2D eigenvalue weighted by Gasteiger charge is 1.98. The molecule has 0 saturated heterocycles. The van der Waals surface area contributed by atoms with Gasteiger partial charge in [0, 0.05) is 6.42 Å². The van der Waals surface area contributed by atoms with E-state index in [0.717, 1.165) is 37.7 Å². The second-order valence-corrected chi connectivity index (χ2v) is 4.79. The number of aryl methyl sites for hydroxylation is 1. The summed E-state index contributed by atoms with van der Waals surface area (Å²) in [5.74, 6) is -0.689. The Morgan fingerprint density at radius 2 is 1.72 bits per heavy atom. The maximum Gasteiger partial charge on any atom is 0.303 e. The van der Waals surface area contributed by atoms with Crippen LogP contribution in [0, 0.1) is 0 Å². The Labute approximate surface area is 109 Å². The van der Waals surface area contributed by atoms with Crippen molar-refractivity contribution in [3.05, 3.63) is 42.0 Å². The summed E-state index contributed by atoms with van der Waals surface area (Å²) in [5.41, 5.74) is 3.63. The van der Waals surface area contributed by atoms with Gasteiger partial charge in [0.1, 0.15) is 0 Å². The van der Waals surface area contributed by atoms with Crippen molar-refractivity contribution in [2.45, 2.75) is 45.4 Å². The molecule has 1 rings (SSSR count). The SMILES string of the molecule is C=C(C)c1ccc(CCCCCCC(=O)O)cc1. The quantitative estimate of drug-likeness (QED) is 0.694. The third-order valence-corrected chi connectivity index (χ3v) is 3.05. The van der Waals surface area contributed by atoms with Gasteiger partial charge in [-0.1, -0.05) is 49.3 Å². The van der Waals surface area contributed by atoms with E-state index >= 15 is 0 Å². The van der Waals surface area contributed by atoms with Crippen LogP contribution in [-0.4, -0.2) is 11.1 Å². The van der Waals surface area contributed by atoms with E-state index in [4.69, 9.17) is 5.11 Å². The molecular weight excluding hydrogens is 224 g/mol. The summed E-state index contributed by atoms with van der Waals surface area (Å²) < 4.78 is 0. The van der Waals surface area contributed by atoms with Crippen LogP contribution in [-0.2, 0) is 11.2 Å². The molecule has 0 amide bonds. The van der Waals surface area contributed by atoms with Crippen LogP contribution in [0.5, 0.6) is 0 Å². The molecule has 0 aliphatic carbocycles. The van der Waals surface area contributed by atoms with Gasteiger partial charge in [-0.15, -0.1) is 0 Å². The molecule has 0 atom stereocenters. The van der Waals surface area contributed by atoms with Crippen LogP contribution in [0.15, 0.2) is 30.8 Å². The molecule has 0 spiro atoms. The molecule has 2 heteroatoms. The molecule has 0 unspecified atom stereocenters. The minimum absolute atomic E-state index is 0.299. The lowest BCUT2D eigenvalue weighted by Gasteiger charge is -2.04. The van der Waals surface area contributed by atoms with Gasteiger partial charge in [-0.25, -0.2) is 0 Å². The Morgan fingerprint density at radius 1 is 1.11 bits per heavy atom. The molecule has 0 bridgehead atoms. The number of aliphatic carboxylic acids is 1. The molecule has 1 aromatic carbocycles. The molecule has 0 aliphatic heterocycles. The van der Waals surface area contributed by atoms with E-state index in [1.807, 2.05) is 6.92 Å². The van der Waals surface area contributed by atoms with Crippen molar-refractivity contribution in [3.63, 3.8) is 0 Å². The summed E-state index contributed by atoms with van der Waals surface area (Å²) in [6.07, 6.45) is 5.42. The van der Waals surface area contributed by atoms with Crippen molar-refractivity contribution >= 4 is 11.5 Å². The van der Waals surface area contributed by atoms with Crippen LogP contribution in [0.1, 0.15) is 50.2 Å². The second-order valence-electron chi connectivity index (χ2n) is 4.79. The lowest BCUT2D eigenvalue weighted by Crippen LogP contribution is -1.94. The molecule has 18 heavy (non-hydrogen) atoms. The first-order valence-electron chi connectivity index (χ1n) is 6.56. The number of unbranched alkanes of at least 4 members (excludes halogenated alkanes) is 3. The standard InChI is InChI=1S/C16H22O2/c1-13(2)15-11-9-14(10-12-15)7-5-3-4-6-8-16(17)18/h9-12H,1,3-8H2,2H3,(H,17,18). The lowest BCUT2D eigenvalue weighted by atomic mass is 10.0. The van der Waals surface area contributed by atoms with Gasteiger partial charge in [-0.05, 0) is 37.3 Å². The normalized spacial score (nSPS) is 10.3. The third kappa shape index (κ3) is 5.67. The van der Waals surface area contributed by atoms with Crippen molar-refractivity contribution < 1.29 is 9.90 Å². The fraction of sp³-hybridized carbons (Fsp3) is 0.438. The number of carboxylic acids is 1. The number of benzene rings is 1. The molecule has 98 valence electrons. The number of hydrogen-bond donors (Lipinski definition) is 1. The second kappa shape index (κ2) is 7.70. The Bertz CT molecular complexity index is 390. The van der Waals surface area contributed by atoms with E-state index in [9.17, 15) is 4.79 Å². The van der Waals surface area contributed by atoms with Gasteiger partial charge in [0.05, 0.1) is 0 Å². The van der Waals surface area contributed by atoms with Gasteiger partial charge in [-0.2, -0.15) is 0 Å². The first kappa shape index (κ1) is 14.5. The van der Waals surface area contributed by atoms with Gasteiger partial charge in [0.15, 0.2) is 0 Å². The molecule has 0 aliphatic rings. The van der Waals surface area contributed by atoms with Crippen molar-refractivity contribution in [3.8, 4) is 0 Å². The van der Waals surface area contributed by atoms with E-state index in [1.165, 1.54) is 11.1 Å². The van der Waals surface area contributed by atoms with Crippen molar-refractivity contribution in [2.24, 2.45) is 0 Å². The third-order valence-electron chi connectivity index (χ3n) is 3.05. The van der Waals surface area contributed by atoms with Gasteiger partial charge in [-0.3, -0.25) is 4.79 Å². The van der Waals surface area contributed by atoms with E-state index < -0.39 is 5.97 Å². The zero-order valence-electron chi connectivity index (χ0n) is 11.1. The zero-order chi connectivity index (χ0) is 13.4. The molecule has 2 nitrogen and oxygen atoms in total. The summed E-state index contributed by atoms with van der Waals surface area (Å²) in [5, 5.41) is 8.51. The Hall–Kier alpha value is -1.57. The molecule has 1 N–H and O–H groups in total. The van der Waals surface area contributed by atoms with Gasteiger partial charge < -0.3 is 5.11 Å². The number of carbonyl (C=O) groups is 1. The minimum atomic E-state index is -0.689. The Morgan fingerprint density at radius 3 is 2.28 bits per heavy atom. The first-order valence-corrected chi connectivity index (χ1v) is 6.56. The molecule has 0 aromatic heterocycles. The van der Waals surface area contributed by atoms with Crippen LogP contribution in [0.2, 0.25) is 0 Å². The van der Waals surface area contributed by atoms with Crippen molar-refractivity contribution in [1.82, 2.24) is 0 Å². The molecule has 0 radical (unpaired) electrons. The number of allylic oxidation sites excluding steroid dienone is 1. The van der Waals surface area contributed by atoms with E-state index in [1.54, 1.807) is 0 Å². The summed E-state index contributed by atoms with van der Waals surface area (Å²) >= 11 is 0. The van der Waals surface area contributed by atoms with Crippen LogP contribution in [0.4, 0.5) is 0 Å². The molecular formula is C16H22O2. The Kier molecular flexibility index (Phi) is 6.20. The molecule has 0 heterocycles. The summed E-state index contributed by atoms with van der Waals surface area (Å²) in [4.78, 5) is 10.3. The maximum atomic E-state index is 10.3. The van der Waals surface area contributed by atoms with Gasteiger partial charge in [0.2, 0.25) is 0 Å². The van der Waals surface area contributed by atoms with Crippen molar-refractivity contribution in [1.29, 1.82) is 0 Å². The minimum Gasteiger partial charge on any atom is -0.481 e. The summed E-state index contributed by atoms with van der Waals surface area (Å²) in [6.45, 7) is 5.93. The predicted molar refractivity (Wildman–Crippen MR) is 75.6 cm³/mol. The van der Waals surface area contributed by atoms with Gasteiger partial charge in [0.25, 0.3) is 0 Å². The number of hydrogen-bond acceptors (Lipinski definition) is 1. The van der Waals surface area contributed by atoms with Crippen LogP contribution >= 0.6 is 0 Å². The highest BCUT2D eigenvalue weighted by atomic mass is 16.4. The molecule has 1 aromatic rings. The Balaban J connectivity index is 2.19. The average Bonchev–Trinajstić information content (AvgIpc) is 2.34. The zero-order valence-corrected chi connectivity index (χ0v) is 11.1. The highest BCUT2D eigenvalue weighted by molar-refractivity contribution is 5.66. The van der Waals surface area contributed by atoms with Crippen LogP contribution in [0.25, 0.3) is 5.57 Å². The van der Waals surface area contributed by atoms with Crippen LogP contribution in [0.3, 0.4) is 0 Å². The first-order chi connectivity index (χ1) is 8.59. The average molecular weight is 246 g/mol. The monoisotopic (exact) mass is 246 g/mol. The van der Waals surface area contributed by atoms with Gasteiger partial charge >= 0.3 is 5.97 Å². The lowest BCUT2D eigenvalue weighted by molar-refractivity contribution is -0.137. The van der Waals surface area contributed by atoms with E-state index in [0.29, 0.717) is 6.42 Å². The largest absolute Gasteiger partial charge is 0.481 e. The highest BCUT2D eigenvalue weighted by Crippen LogP contribution is 2.14. The fourth-order valence-electron chi connectivity index (χ4n) is 1.91.